The molecule has 1 heterocycles. The number of carbonyl (C=O) groups is 3. The maximum Gasteiger partial charge on any atom is 0.326 e. The number of hydrogen-bond acceptors (Lipinski definition) is 6. The third kappa shape index (κ3) is 5.61. The van der Waals surface area contributed by atoms with Crippen molar-refractivity contribution in [1.29, 1.82) is 0 Å². The van der Waals surface area contributed by atoms with Gasteiger partial charge in [-0.3, -0.25) is 14.4 Å². The van der Waals surface area contributed by atoms with Gasteiger partial charge in [-0.15, -0.1) is 11.3 Å². The van der Waals surface area contributed by atoms with E-state index in [0.717, 1.165) is 0 Å². The highest BCUT2D eigenvalue weighted by atomic mass is 32.1. The van der Waals surface area contributed by atoms with E-state index in [0.29, 0.717) is 16.3 Å². The Bertz CT molecular complexity index is 745. The van der Waals surface area contributed by atoms with Crippen molar-refractivity contribution in [2.45, 2.75) is 13.0 Å². The molecule has 1 aromatic heterocycles. The number of rotatable bonds is 7. The Kier molecular flexibility index (Phi) is 6.53. The second-order valence-electron chi connectivity index (χ2n) is 5.01. The zero-order valence-corrected chi connectivity index (χ0v) is 14.6. The Balaban J connectivity index is 1.79. The third-order valence-corrected chi connectivity index (χ3v) is 4.02. The highest BCUT2D eigenvalue weighted by Crippen LogP contribution is 2.17. The van der Waals surface area contributed by atoms with Crippen LogP contribution >= 0.6 is 11.3 Å². The summed E-state index contributed by atoms with van der Waals surface area (Å²) in [6, 6.07) is 10.2. The smallest absolute Gasteiger partial charge is 0.326 e. The van der Waals surface area contributed by atoms with Crippen molar-refractivity contribution in [3.63, 3.8) is 0 Å². The average Bonchev–Trinajstić information content (AvgIpc) is 3.14. The number of amides is 2. The fraction of sp³-hybridized carbons (Fsp3) is 0.235. The molecular formula is C17H18N2O5S. The normalized spacial score (nSPS) is 11.3. The highest BCUT2D eigenvalue weighted by molar-refractivity contribution is 7.12. The van der Waals surface area contributed by atoms with E-state index < -0.39 is 18.0 Å². The first-order valence-electron chi connectivity index (χ1n) is 7.45. The molecule has 0 saturated carbocycles. The van der Waals surface area contributed by atoms with Gasteiger partial charge in [0.1, 0.15) is 12.3 Å². The second-order valence-corrected chi connectivity index (χ2v) is 5.96. The summed E-state index contributed by atoms with van der Waals surface area (Å²) < 4.78 is 10.1. The van der Waals surface area contributed by atoms with Crippen molar-refractivity contribution in [1.82, 2.24) is 5.32 Å². The van der Waals surface area contributed by atoms with Crippen LogP contribution in [0.25, 0.3) is 0 Å². The molecule has 2 N–H and O–H groups in total. The summed E-state index contributed by atoms with van der Waals surface area (Å²) in [5.74, 6) is -0.941. The molecule has 25 heavy (non-hydrogen) atoms. The number of thiophene rings is 1. The number of ether oxygens (including phenoxy) is 2. The van der Waals surface area contributed by atoms with Gasteiger partial charge < -0.3 is 20.1 Å². The number of anilines is 1. The SMILES string of the molecule is COc1cccc(NC(=O)[C@@H](C)OC(=O)CNC(=O)c2cccs2)c1. The van der Waals surface area contributed by atoms with Crippen LogP contribution < -0.4 is 15.4 Å². The summed E-state index contributed by atoms with van der Waals surface area (Å²) in [6.07, 6.45) is -1.00. The van der Waals surface area contributed by atoms with Crippen molar-refractivity contribution in [3.8, 4) is 5.75 Å². The quantitative estimate of drug-likeness (QED) is 0.736. The van der Waals surface area contributed by atoms with Crippen LogP contribution in [0.3, 0.4) is 0 Å². The number of carbonyl (C=O) groups excluding carboxylic acids is 3. The molecule has 0 fully saturated rings. The lowest BCUT2D eigenvalue weighted by Crippen LogP contribution is -2.35. The van der Waals surface area contributed by atoms with Crippen LogP contribution in [0.5, 0.6) is 5.75 Å². The van der Waals surface area contributed by atoms with Crippen LogP contribution in [-0.2, 0) is 14.3 Å². The molecule has 0 aliphatic carbocycles. The standard InChI is InChI=1S/C17H18N2O5S/c1-11(16(21)19-12-5-3-6-13(9-12)23-2)24-15(20)10-18-17(22)14-7-4-8-25-14/h3-9,11H,10H2,1-2H3,(H,18,22)(H,19,21)/t11-/m1/s1. The van der Waals surface area contributed by atoms with Gasteiger partial charge in [0.05, 0.1) is 12.0 Å². The summed E-state index contributed by atoms with van der Waals surface area (Å²) in [4.78, 5) is 36.0. The molecule has 132 valence electrons. The van der Waals surface area contributed by atoms with Crippen molar-refractivity contribution >= 4 is 34.8 Å². The average molecular weight is 362 g/mol. The molecular weight excluding hydrogens is 344 g/mol. The first kappa shape index (κ1) is 18.5. The molecule has 0 unspecified atom stereocenters. The first-order valence-corrected chi connectivity index (χ1v) is 8.33. The summed E-state index contributed by atoms with van der Waals surface area (Å²) in [5.41, 5.74) is 0.526. The lowest BCUT2D eigenvalue weighted by atomic mass is 10.3. The van der Waals surface area contributed by atoms with Crippen molar-refractivity contribution < 1.29 is 23.9 Å². The monoisotopic (exact) mass is 362 g/mol. The number of esters is 1. The van der Waals surface area contributed by atoms with Crippen LogP contribution in [0.1, 0.15) is 16.6 Å². The molecule has 0 spiro atoms. The van der Waals surface area contributed by atoms with Gasteiger partial charge >= 0.3 is 5.97 Å². The first-order chi connectivity index (χ1) is 12.0. The van der Waals surface area contributed by atoms with Gasteiger partial charge in [-0.25, -0.2) is 0 Å². The molecule has 2 amide bonds. The number of hydrogen-bond donors (Lipinski definition) is 2. The Morgan fingerprint density at radius 3 is 2.68 bits per heavy atom. The van der Waals surface area contributed by atoms with Crippen LogP contribution in [-0.4, -0.2) is 37.5 Å². The van der Waals surface area contributed by atoms with E-state index in [4.69, 9.17) is 9.47 Å². The van der Waals surface area contributed by atoms with E-state index in [2.05, 4.69) is 10.6 Å². The Labute approximate surface area is 148 Å². The molecule has 7 nitrogen and oxygen atoms in total. The number of benzene rings is 1. The van der Waals surface area contributed by atoms with Gasteiger partial charge in [0, 0.05) is 11.8 Å². The number of methoxy groups -OCH3 is 1. The van der Waals surface area contributed by atoms with E-state index >= 15 is 0 Å². The molecule has 1 atom stereocenters. The van der Waals surface area contributed by atoms with E-state index in [1.807, 2.05) is 0 Å². The number of nitrogens with one attached hydrogen (secondary N) is 2. The maximum atomic E-state index is 12.1. The molecule has 0 radical (unpaired) electrons. The topological polar surface area (TPSA) is 93.7 Å². The lowest BCUT2D eigenvalue weighted by Gasteiger charge is -2.14. The Morgan fingerprint density at radius 1 is 1.20 bits per heavy atom. The fourth-order valence-corrected chi connectivity index (χ4v) is 2.52. The maximum absolute atomic E-state index is 12.1. The van der Waals surface area contributed by atoms with Crippen LogP contribution in [0.15, 0.2) is 41.8 Å². The van der Waals surface area contributed by atoms with Gasteiger partial charge in [0.25, 0.3) is 11.8 Å². The van der Waals surface area contributed by atoms with E-state index in [1.54, 1.807) is 41.8 Å². The Hall–Kier alpha value is -2.87. The summed E-state index contributed by atoms with van der Waals surface area (Å²) in [7, 11) is 1.52. The summed E-state index contributed by atoms with van der Waals surface area (Å²) >= 11 is 1.27. The van der Waals surface area contributed by atoms with Gasteiger partial charge in [-0.05, 0) is 30.5 Å². The predicted molar refractivity (Wildman–Crippen MR) is 93.8 cm³/mol. The molecule has 0 aliphatic heterocycles. The Morgan fingerprint density at radius 2 is 2.00 bits per heavy atom. The highest BCUT2D eigenvalue weighted by Gasteiger charge is 2.19. The third-order valence-electron chi connectivity index (χ3n) is 3.15. The molecule has 2 aromatic rings. The van der Waals surface area contributed by atoms with Crippen LogP contribution in [0.2, 0.25) is 0 Å². The second kappa shape index (κ2) is 8.84. The minimum atomic E-state index is -1.00. The van der Waals surface area contributed by atoms with Gasteiger partial charge in [-0.1, -0.05) is 12.1 Å². The molecule has 0 aliphatic rings. The van der Waals surface area contributed by atoms with E-state index in [-0.39, 0.29) is 12.5 Å². The molecule has 1 aromatic carbocycles. The molecule has 2 rings (SSSR count). The molecule has 0 saturated heterocycles. The zero-order chi connectivity index (χ0) is 18.2. The van der Waals surface area contributed by atoms with Crippen molar-refractivity contribution in [2.75, 3.05) is 19.0 Å². The molecule has 8 heteroatoms. The lowest BCUT2D eigenvalue weighted by molar-refractivity contribution is -0.152. The van der Waals surface area contributed by atoms with Gasteiger partial charge in [0.15, 0.2) is 6.10 Å². The largest absolute Gasteiger partial charge is 0.497 e. The van der Waals surface area contributed by atoms with Gasteiger partial charge in [-0.2, -0.15) is 0 Å². The van der Waals surface area contributed by atoms with Crippen LogP contribution in [0, 0.1) is 0 Å². The van der Waals surface area contributed by atoms with Crippen molar-refractivity contribution in [2.24, 2.45) is 0 Å². The van der Waals surface area contributed by atoms with Crippen LogP contribution in [0.4, 0.5) is 5.69 Å². The van der Waals surface area contributed by atoms with E-state index in [9.17, 15) is 14.4 Å². The fourth-order valence-electron chi connectivity index (χ4n) is 1.88. The zero-order valence-electron chi connectivity index (χ0n) is 13.8. The summed E-state index contributed by atoms with van der Waals surface area (Å²) in [5, 5.41) is 6.83. The van der Waals surface area contributed by atoms with E-state index in [1.165, 1.54) is 25.4 Å². The minimum absolute atomic E-state index is 0.312. The summed E-state index contributed by atoms with van der Waals surface area (Å²) in [6.45, 7) is 1.14. The molecule has 0 bridgehead atoms. The van der Waals surface area contributed by atoms with Gasteiger partial charge in [0.2, 0.25) is 0 Å². The predicted octanol–water partition coefficient (Wildman–Crippen LogP) is 2.06. The van der Waals surface area contributed by atoms with Crippen molar-refractivity contribution in [3.05, 3.63) is 46.7 Å². The minimum Gasteiger partial charge on any atom is -0.497 e.